The smallest absolute Gasteiger partial charge is 0.0702 e. The third-order valence-corrected chi connectivity index (χ3v) is 8.36. The van der Waals surface area contributed by atoms with Crippen LogP contribution in [0.5, 0.6) is 0 Å². The molecule has 9 rings (SSSR count). The molecule has 0 N–H and O–H groups in total. The molecule has 0 aliphatic rings. The minimum Gasteiger partial charge on any atom is -0.256 e. The molecule has 0 fully saturated rings. The second kappa shape index (κ2) is 7.27. The summed E-state index contributed by atoms with van der Waals surface area (Å²) >= 11 is 0. The third-order valence-electron chi connectivity index (χ3n) is 8.36. The molecule has 0 atom stereocenters. The minimum absolute atomic E-state index is 1.00. The predicted molar refractivity (Wildman–Crippen MR) is 163 cm³/mol. The number of rotatable bonds is 2. The molecule has 0 aliphatic carbocycles. The van der Waals surface area contributed by atoms with Gasteiger partial charge in [-0.05, 0) is 100 Å². The Hall–Kier alpha value is -5.01. The van der Waals surface area contributed by atoms with Gasteiger partial charge in [0.15, 0.2) is 0 Å². The first-order valence-electron chi connectivity index (χ1n) is 13.2. The summed E-state index contributed by atoms with van der Waals surface area (Å²) in [4.78, 5) is 4.74. The standard InChI is InChI=1S/C37H21N/c1-2-10-23(11-3-1)33-30-21-24(31-18-6-7-19-38-31)20-29-25-14-4-5-15-26(25)35(34(29)30)37-28-17-9-13-22-12-8-16-27(32(22)28)36(33)37/h1-21H. The summed E-state index contributed by atoms with van der Waals surface area (Å²) in [5.41, 5.74) is 4.72. The first kappa shape index (κ1) is 20.1. The number of hydrogen-bond donors (Lipinski definition) is 0. The fourth-order valence-corrected chi connectivity index (χ4v) is 6.92. The maximum Gasteiger partial charge on any atom is 0.0702 e. The quantitative estimate of drug-likeness (QED) is 0.240. The van der Waals surface area contributed by atoms with Crippen molar-refractivity contribution in [3.63, 3.8) is 0 Å². The number of pyridine rings is 1. The fraction of sp³-hybridized carbons (Fsp3) is 0. The van der Waals surface area contributed by atoms with E-state index in [-0.39, 0.29) is 0 Å². The zero-order valence-corrected chi connectivity index (χ0v) is 20.6. The highest BCUT2D eigenvalue weighted by Crippen LogP contribution is 2.53. The second-order valence-electron chi connectivity index (χ2n) is 10.3. The summed E-state index contributed by atoms with van der Waals surface area (Å²) < 4.78 is 0. The maximum absolute atomic E-state index is 4.74. The predicted octanol–water partition coefficient (Wildman–Crippen LogP) is 10.2. The van der Waals surface area contributed by atoms with Gasteiger partial charge in [0.1, 0.15) is 0 Å². The summed E-state index contributed by atoms with van der Waals surface area (Å²) in [5, 5.41) is 16.0. The van der Waals surface area contributed by atoms with Gasteiger partial charge in [0.2, 0.25) is 0 Å². The molecule has 0 saturated heterocycles. The number of fused-ring (bicyclic) bond motifs is 7. The highest BCUT2D eigenvalue weighted by molar-refractivity contribution is 6.48. The Kier molecular flexibility index (Phi) is 3.85. The Morgan fingerprint density at radius 3 is 1.82 bits per heavy atom. The molecule has 38 heavy (non-hydrogen) atoms. The molecule has 174 valence electrons. The lowest BCUT2D eigenvalue weighted by Crippen LogP contribution is -1.88. The number of aromatic nitrogens is 1. The van der Waals surface area contributed by atoms with Gasteiger partial charge in [0.05, 0.1) is 5.69 Å². The highest BCUT2D eigenvalue weighted by atomic mass is 14.7. The maximum atomic E-state index is 4.74. The van der Waals surface area contributed by atoms with Gasteiger partial charge >= 0.3 is 0 Å². The van der Waals surface area contributed by atoms with Crippen LogP contribution < -0.4 is 0 Å². The summed E-state index contributed by atoms with van der Waals surface area (Å²) in [7, 11) is 0. The van der Waals surface area contributed by atoms with Crippen molar-refractivity contribution in [1.82, 2.24) is 4.98 Å². The summed E-state index contributed by atoms with van der Waals surface area (Å²) in [6, 6.07) is 44.3. The molecule has 0 spiro atoms. The Morgan fingerprint density at radius 2 is 1.03 bits per heavy atom. The van der Waals surface area contributed by atoms with Crippen molar-refractivity contribution in [3.05, 3.63) is 128 Å². The van der Waals surface area contributed by atoms with E-state index in [9.17, 15) is 0 Å². The monoisotopic (exact) mass is 479 g/mol. The highest BCUT2D eigenvalue weighted by Gasteiger charge is 2.25. The van der Waals surface area contributed by atoms with Crippen molar-refractivity contribution in [1.29, 1.82) is 0 Å². The van der Waals surface area contributed by atoms with E-state index in [1.165, 1.54) is 75.8 Å². The molecular weight excluding hydrogens is 458 g/mol. The Balaban J connectivity index is 1.67. The van der Waals surface area contributed by atoms with Crippen molar-refractivity contribution in [3.8, 4) is 22.4 Å². The number of nitrogens with zero attached hydrogens (tertiary/aromatic N) is 1. The molecule has 1 aromatic heterocycles. The van der Waals surface area contributed by atoms with Crippen LogP contribution >= 0.6 is 0 Å². The van der Waals surface area contributed by atoms with Crippen molar-refractivity contribution in [2.45, 2.75) is 0 Å². The van der Waals surface area contributed by atoms with Gasteiger partial charge in [-0.3, -0.25) is 4.98 Å². The number of hydrogen-bond acceptors (Lipinski definition) is 1. The summed E-state index contributed by atoms with van der Waals surface area (Å²) in [6.45, 7) is 0. The van der Waals surface area contributed by atoms with Gasteiger partial charge in [-0.1, -0.05) is 97.1 Å². The molecular formula is C37H21N. The number of benzene rings is 6. The van der Waals surface area contributed by atoms with Crippen molar-refractivity contribution in [2.24, 2.45) is 0 Å². The normalized spacial score (nSPS) is 12.2. The average molecular weight is 480 g/mol. The van der Waals surface area contributed by atoms with E-state index < -0.39 is 0 Å². The van der Waals surface area contributed by atoms with E-state index in [2.05, 4.69) is 115 Å². The van der Waals surface area contributed by atoms with Gasteiger partial charge in [-0.2, -0.15) is 0 Å². The Bertz CT molecular complexity index is 2310. The molecule has 0 bridgehead atoms. The minimum atomic E-state index is 1.00. The van der Waals surface area contributed by atoms with Crippen molar-refractivity contribution < 1.29 is 0 Å². The molecule has 0 unspecified atom stereocenters. The van der Waals surface area contributed by atoms with Crippen LogP contribution in [-0.4, -0.2) is 4.98 Å². The van der Waals surface area contributed by atoms with E-state index in [0.29, 0.717) is 0 Å². The first-order valence-corrected chi connectivity index (χ1v) is 13.2. The van der Waals surface area contributed by atoms with Gasteiger partial charge in [0, 0.05) is 11.8 Å². The fourth-order valence-electron chi connectivity index (χ4n) is 6.92. The lowest BCUT2D eigenvalue weighted by Gasteiger charge is -2.14. The Morgan fingerprint density at radius 1 is 0.368 bits per heavy atom. The van der Waals surface area contributed by atoms with Crippen LogP contribution in [0.1, 0.15) is 0 Å². The lowest BCUT2D eigenvalue weighted by molar-refractivity contribution is 1.33. The molecule has 8 aromatic carbocycles. The van der Waals surface area contributed by atoms with Crippen LogP contribution in [0.2, 0.25) is 0 Å². The van der Waals surface area contributed by atoms with Crippen molar-refractivity contribution in [2.75, 3.05) is 0 Å². The van der Waals surface area contributed by atoms with E-state index in [1.54, 1.807) is 0 Å². The molecule has 0 radical (unpaired) electrons. The third kappa shape index (κ3) is 2.48. The molecule has 0 amide bonds. The second-order valence-corrected chi connectivity index (χ2v) is 10.3. The molecule has 9 aromatic rings. The van der Waals surface area contributed by atoms with E-state index >= 15 is 0 Å². The first-order chi connectivity index (χ1) is 18.9. The lowest BCUT2D eigenvalue weighted by atomic mass is 9.89. The molecule has 0 saturated carbocycles. The molecule has 0 aliphatic heterocycles. The van der Waals surface area contributed by atoms with Gasteiger partial charge in [-0.25, -0.2) is 0 Å². The van der Waals surface area contributed by atoms with E-state index in [0.717, 1.165) is 11.3 Å². The molecule has 1 heterocycles. The van der Waals surface area contributed by atoms with E-state index in [4.69, 9.17) is 4.98 Å². The van der Waals surface area contributed by atoms with Crippen LogP contribution in [0, 0.1) is 0 Å². The average Bonchev–Trinajstić information content (AvgIpc) is 3.49. The zero-order valence-electron chi connectivity index (χ0n) is 20.6. The summed E-state index contributed by atoms with van der Waals surface area (Å²) in [5.74, 6) is 0. The van der Waals surface area contributed by atoms with Crippen LogP contribution in [0.15, 0.2) is 128 Å². The van der Waals surface area contributed by atoms with Gasteiger partial charge < -0.3 is 0 Å². The largest absolute Gasteiger partial charge is 0.256 e. The van der Waals surface area contributed by atoms with Crippen LogP contribution in [0.4, 0.5) is 0 Å². The van der Waals surface area contributed by atoms with Gasteiger partial charge in [0.25, 0.3) is 0 Å². The zero-order chi connectivity index (χ0) is 24.8. The van der Waals surface area contributed by atoms with Crippen LogP contribution in [-0.2, 0) is 0 Å². The SMILES string of the molecule is c1ccc(-c2c3cc(-c4ccccn4)cc4c5ccccc5c(c34)c3c4cccc5cccc(c23)c54)cc1. The van der Waals surface area contributed by atoms with Gasteiger partial charge in [-0.15, -0.1) is 0 Å². The van der Waals surface area contributed by atoms with Crippen LogP contribution in [0.3, 0.4) is 0 Å². The topological polar surface area (TPSA) is 12.9 Å². The Labute approximate surface area is 219 Å². The summed E-state index contributed by atoms with van der Waals surface area (Å²) in [6.07, 6.45) is 1.89. The molecule has 1 heteroatoms. The van der Waals surface area contributed by atoms with E-state index in [1.807, 2.05) is 12.3 Å². The van der Waals surface area contributed by atoms with Crippen LogP contribution in [0.25, 0.3) is 87.0 Å². The van der Waals surface area contributed by atoms with Crippen molar-refractivity contribution >= 4 is 64.6 Å². The molecule has 1 nitrogen and oxygen atoms in total.